The van der Waals surface area contributed by atoms with Gasteiger partial charge in [-0.05, 0) is 125 Å². The quantitative estimate of drug-likeness (QED) is 0.0574. The molecule has 64 heavy (non-hydrogen) atoms. The van der Waals surface area contributed by atoms with Crippen LogP contribution in [0.2, 0.25) is 0 Å². The minimum absolute atomic E-state index is 0.303. The van der Waals surface area contributed by atoms with E-state index < -0.39 is 17.4 Å². The van der Waals surface area contributed by atoms with Gasteiger partial charge in [0.15, 0.2) is 0 Å². The molecule has 0 aliphatic carbocycles. The number of anilines is 3. The summed E-state index contributed by atoms with van der Waals surface area (Å²) in [5.74, 6) is 0.852. The maximum Gasteiger partial charge on any atom is 0.343 e. The van der Waals surface area contributed by atoms with Crippen molar-refractivity contribution in [2.45, 2.75) is 38.2 Å². The molecule has 0 bridgehead atoms. The maximum atomic E-state index is 13.2. The van der Waals surface area contributed by atoms with E-state index in [1.807, 2.05) is 149 Å². The minimum atomic E-state index is -0.654. The van der Waals surface area contributed by atoms with Crippen LogP contribution >= 0.6 is 0 Å². The Balaban J connectivity index is 1.15. The first-order valence-electron chi connectivity index (χ1n) is 21.4. The van der Waals surface area contributed by atoms with Gasteiger partial charge in [0.2, 0.25) is 0 Å². The molecule has 326 valence electrons. The molecule has 0 saturated carbocycles. The van der Waals surface area contributed by atoms with Crippen molar-refractivity contribution in [3.05, 3.63) is 214 Å². The molecule has 0 N–H and O–H groups in total. The zero-order valence-corrected chi connectivity index (χ0v) is 38.3. The number of carbonyl (C=O) groups excluding carboxylic acids is 2. The number of nitrogens with zero attached hydrogens (tertiary/aromatic N) is 3. The highest BCUT2D eigenvalue weighted by atomic mass is 16.5. The topological polar surface area (TPSA) is 71.5 Å². The van der Waals surface area contributed by atoms with Crippen LogP contribution in [0.15, 0.2) is 170 Å². The van der Waals surface area contributed by atoms with Crippen LogP contribution in [-0.4, -0.2) is 54.2 Å². The van der Waals surface area contributed by atoms with Gasteiger partial charge in [-0.1, -0.05) is 98.8 Å². The van der Waals surface area contributed by atoms with Gasteiger partial charge in [0, 0.05) is 70.2 Å². The Hall–Kier alpha value is -7.32. The highest BCUT2D eigenvalue weighted by molar-refractivity contribution is 5.93. The van der Waals surface area contributed by atoms with E-state index >= 15 is 0 Å². The molecule has 8 heteroatoms. The molecule has 7 aromatic carbocycles. The van der Waals surface area contributed by atoms with E-state index in [1.54, 1.807) is 12.1 Å². The van der Waals surface area contributed by atoms with E-state index in [2.05, 4.69) is 86.3 Å². The Morgan fingerprint density at radius 3 is 1.19 bits per heavy atom. The average molecular weight is 852 g/mol. The first kappa shape index (κ1) is 44.7. The SMILES string of the molecule is CN(C)c1cccc(COc2ccc(C(C)(C)c3ccc(C(C)(c4ccc(OC(=O)c5cccc(N(C)C)c5)cc4)c4ccc(OC(=O)c5cccc(N(C)C)c5)cc4)cc3)cc2)c1. The molecule has 0 aliphatic rings. The molecule has 0 aliphatic heterocycles. The van der Waals surface area contributed by atoms with Gasteiger partial charge in [-0.3, -0.25) is 0 Å². The van der Waals surface area contributed by atoms with Crippen molar-refractivity contribution in [3.8, 4) is 17.2 Å². The molecule has 0 amide bonds. The lowest BCUT2D eigenvalue weighted by atomic mass is 9.70. The lowest BCUT2D eigenvalue weighted by Crippen LogP contribution is -2.26. The van der Waals surface area contributed by atoms with Gasteiger partial charge < -0.3 is 28.9 Å². The zero-order chi connectivity index (χ0) is 45.6. The Bertz CT molecular complexity index is 2590. The fraction of sp³-hybridized carbons (Fsp3) is 0.214. The van der Waals surface area contributed by atoms with Crippen molar-refractivity contribution in [2.24, 2.45) is 0 Å². The second kappa shape index (κ2) is 19.0. The van der Waals surface area contributed by atoms with Gasteiger partial charge in [0.25, 0.3) is 0 Å². The molecule has 0 atom stereocenters. The number of hydrogen-bond donors (Lipinski definition) is 0. The molecule has 0 aromatic heterocycles. The van der Waals surface area contributed by atoms with E-state index in [0.29, 0.717) is 29.2 Å². The van der Waals surface area contributed by atoms with Gasteiger partial charge in [-0.2, -0.15) is 0 Å². The van der Waals surface area contributed by atoms with E-state index in [4.69, 9.17) is 14.2 Å². The predicted octanol–water partition coefficient (Wildman–Crippen LogP) is 11.6. The van der Waals surface area contributed by atoms with Crippen molar-refractivity contribution in [3.63, 3.8) is 0 Å². The molecule has 7 aromatic rings. The van der Waals surface area contributed by atoms with Gasteiger partial charge in [-0.25, -0.2) is 9.59 Å². The largest absolute Gasteiger partial charge is 0.489 e. The Morgan fingerprint density at radius 2 is 0.766 bits per heavy atom. The predicted molar refractivity (Wildman–Crippen MR) is 260 cm³/mol. The van der Waals surface area contributed by atoms with Gasteiger partial charge >= 0.3 is 11.9 Å². The average Bonchev–Trinajstić information content (AvgIpc) is 3.31. The molecule has 0 saturated heterocycles. The first-order valence-corrected chi connectivity index (χ1v) is 21.4. The monoisotopic (exact) mass is 851 g/mol. The van der Waals surface area contributed by atoms with Crippen LogP contribution in [0.25, 0.3) is 0 Å². The molecule has 8 nitrogen and oxygen atoms in total. The van der Waals surface area contributed by atoms with Crippen LogP contribution in [0, 0.1) is 0 Å². The summed E-state index contributed by atoms with van der Waals surface area (Å²) in [4.78, 5) is 32.4. The lowest BCUT2D eigenvalue weighted by Gasteiger charge is -2.33. The molecular weight excluding hydrogens is 795 g/mol. The Morgan fingerprint density at radius 1 is 0.422 bits per heavy atom. The maximum absolute atomic E-state index is 13.2. The van der Waals surface area contributed by atoms with Crippen molar-refractivity contribution in [1.29, 1.82) is 0 Å². The van der Waals surface area contributed by atoms with Crippen LogP contribution in [0.1, 0.15) is 74.9 Å². The molecule has 7 rings (SSSR count). The second-order valence-electron chi connectivity index (χ2n) is 17.4. The molecular formula is C56H57N3O5. The number of esters is 2. The van der Waals surface area contributed by atoms with Crippen LogP contribution in [0.5, 0.6) is 17.2 Å². The summed E-state index contributed by atoms with van der Waals surface area (Å²) >= 11 is 0. The van der Waals surface area contributed by atoms with E-state index in [0.717, 1.165) is 50.6 Å². The van der Waals surface area contributed by atoms with Crippen LogP contribution < -0.4 is 28.9 Å². The van der Waals surface area contributed by atoms with Crippen molar-refractivity contribution >= 4 is 29.0 Å². The number of hydrogen-bond acceptors (Lipinski definition) is 8. The summed E-state index contributed by atoms with van der Waals surface area (Å²) in [6.45, 7) is 7.14. The Kier molecular flexibility index (Phi) is 13.3. The summed E-state index contributed by atoms with van der Waals surface area (Å²) < 4.78 is 17.9. The summed E-state index contributed by atoms with van der Waals surface area (Å²) in [6.07, 6.45) is 0. The fourth-order valence-corrected chi connectivity index (χ4v) is 7.81. The third-order valence-electron chi connectivity index (χ3n) is 12.1. The standard InChI is InChI=1S/C56H57N3O5/c1-55(2,43-23-29-50(30-24-43)62-38-39-13-10-16-47(35-39)57(4)5)42-19-21-44(22-20-42)56(3,45-25-31-51(32-26-45)63-53(60)40-14-11-17-48(36-40)58(6)7)46-27-33-52(34-28-46)64-54(61)41-15-12-18-49(37-41)59(8)9/h10-37H,38H2,1-9H3. The summed E-state index contributed by atoms with van der Waals surface area (Å²) in [5, 5.41) is 0. The second-order valence-corrected chi connectivity index (χ2v) is 17.4. The number of carbonyl (C=O) groups is 2. The lowest BCUT2D eigenvalue weighted by molar-refractivity contribution is 0.0725. The van der Waals surface area contributed by atoms with Crippen molar-refractivity contribution < 1.29 is 23.8 Å². The zero-order valence-electron chi connectivity index (χ0n) is 38.3. The third kappa shape index (κ3) is 9.98. The smallest absolute Gasteiger partial charge is 0.343 e. The summed E-state index contributed by atoms with van der Waals surface area (Å²) in [7, 11) is 11.8. The molecule has 0 fully saturated rings. The highest BCUT2D eigenvalue weighted by Crippen LogP contribution is 2.42. The van der Waals surface area contributed by atoms with E-state index in [1.165, 1.54) is 5.56 Å². The Labute approximate surface area is 378 Å². The van der Waals surface area contributed by atoms with Gasteiger partial charge in [0.1, 0.15) is 23.9 Å². The fourth-order valence-electron chi connectivity index (χ4n) is 7.81. The van der Waals surface area contributed by atoms with Crippen LogP contribution in [0.4, 0.5) is 17.1 Å². The van der Waals surface area contributed by atoms with Crippen molar-refractivity contribution in [2.75, 3.05) is 57.0 Å². The first-order chi connectivity index (χ1) is 30.6. The normalized spacial score (nSPS) is 11.4. The summed E-state index contributed by atoms with van der Waals surface area (Å²) in [6, 6.07) is 55.6. The number of benzene rings is 7. The van der Waals surface area contributed by atoms with Gasteiger partial charge in [0.05, 0.1) is 11.1 Å². The minimum Gasteiger partial charge on any atom is -0.489 e. The van der Waals surface area contributed by atoms with Crippen molar-refractivity contribution in [1.82, 2.24) is 0 Å². The van der Waals surface area contributed by atoms with E-state index in [-0.39, 0.29) is 5.41 Å². The highest BCUT2D eigenvalue weighted by Gasteiger charge is 2.33. The number of ether oxygens (including phenoxy) is 3. The molecule has 0 unspecified atom stereocenters. The molecule has 0 heterocycles. The third-order valence-corrected chi connectivity index (χ3v) is 12.1. The summed E-state index contributed by atoms with van der Waals surface area (Å²) in [5.41, 5.74) is 9.44. The van der Waals surface area contributed by atoms with Crippen LogP contribution in [-0.2, 0) is 17.4 Å². The van der Waals surface area contributed by atoms with Crippen LogP contribution in [0.3, 0.4) is 0 Å². The van der Waals surface area contributed by atoms with Gasteiger partial charge in [-0.15, -0.1) is 0 Å². The molecule has 0 radical (unpaired) electrons. The van der Waals surface area contributed by atoms with E-state index in [9.17, 15) is 9.59 Å². The molecule has 0 spiro atoms. The number of rotatable bonds is 15.